The van der Waals surface area contributed by atoms with Crippen molar-refractivity contribution in [2.75, 3.05) is 24.6 Å². The largest absolute Gasteiger partial charge is 0.421 e. The highest BCUT2D eigenvalue weighted by molar-refractivity contribution is 6.76. The maximum atomic E-state index is 13.3. The predicted molar refractivity (Wildman–Crippen MR) is 141 cm³/mol. The second-order valence-corrected chi connectivity index (χ2v) is 16.6. The third kappa shape index (κ3) is 4.82. The summed E-state index contributed by atoms with van der Waals surface area (Å²) in [7, 11) is -1.19. The van der Waals surface area contributed by atoms with Crippen molar-refractivity contribution in [3.8, 4) is 0 Å². The van der Waals surface area contributed by atoms with E-state index < -0.39 is 13.8 Å². The number of fused-ring (bicyclic) bond motifs is 2. The van der Waals surface area contributed by atoms with E-state index in [0.717, 1.165) is 41.5 Å². The molecule has 7 nitrogen and oxygen atoms in total. The van der Waals surface area contributed by atoms with Crippen LogP contribution in [0.1, 0.15) is 47.3 Å². The minimum Gasteiger partial charge on any atom is -0.408 e. The van der Waals surface area contributed by atoms with Gasteiger partial charge in [-0.1, -0.05) is 31.8 Å². The molecule has 8 heteroatoms. The van der Waals surface area contributed by atoms with E-state index in [0.29, 0.717) is 24.3 Å². The lowest BCUT2D eigenvalue weighted by Crippen LogP contribution is -2.26. The van der Waals surface area contributed by atoms with Crippen LogP contribution in [0, 0.1) is 0 Å². The summed E-state index contributed by atoms with van der Waals surface area (Å²) in [5.74, 6) is -0.360. The molecule has 3 aromatic rings. The molecule has 0 aliphatic carbocycles. The topological polar surface area (TPSA) is 67.9 Å². The Morgan fingerprint density at radius 1 is 1.06 bits per heavy atom. The van der Waals surface area contributed by atoms with Crippen molar-refractivity contribution in [2.24, 2.45) is 0 Å². The normalized spacial score (nSPS) is 18.2. The van der Waals surface area contributed by atoms with Crippen LogP contribution in [0.4, 0.5) is 5.69 Å². The predicted octanol–water partition coefficient (Wildman–Crippen LogP) is 5.22. The molecule has 3 heterocycles. The summed E-state index contributed by atoms with van der Waals surface area (Å²) in [4.78, 5) is 30.0. The molecule has 1 amide bonds. The molecule has 0 radical (unpaired) electrons. The summed E-state index contributed by atoms with van der Waals surface area (Å²) in [6.45, 7) is 12.4. The van der Waals surface area contributed by atoms with Crippen LogP contribution in [-0.4, -0.2) is 43.1 Å². The Bertz CT molecular complexity index is 1300. The van der Waals surface area contributed by atoms with Gasteiger partial charge >= 0.3 is 5.76 Å². The van der Waals surface area contributed by atoms with Gasteiger partial charge in [-0.2, -0.15) is 0 Å². The Kier molecular flexibility index (Phi) is 6.35. The average molecular weight is 494 g/mol. The molecule has 5 rings (SSSR count). The van der Waals surface area contributed by atoms with E-state index in [1.807, 2.05) is 23.1 Å². The first-order valence-corrected chi connectivity index (χ1v) is 16.3. The lowest BCUT2D eigenvalue weighted by atomic mass is 10.0. The van der Waals surface area contributed by atoms with Crippen LogP contribution in [0.5, 0.6) is 0 Å². The van der Waals surface area contributed by atoms with Gasteiger partial charge in [-0.05, 0) is 61.2 Å². The Morgan fingerprint density at radius 2 is 1.83 bits per heavy atom. The molecular weight excluding hydrogens is 458 g/mol. The molecule has 186 valence electrons. The maximum Gasteiger partial charge on any atom is 0.421 e. The minimum absolute atomic E-state index is 0.00259. The highest BCUT2D eigenvalue weighted by Gasteiger charge is 2.34. The van der Waals surface area contributed by atoms with Gasteiger partial charge in [0.05, 0.1) is 11.6 Å². The highest BCUT2D eigenvalue weighted by atomic mass is 28.3. The monoisotopic (exact) mass is 493 g/mol. The van der Waals surface area contributed by atoms with E-state index in [-0.39, 0.29) is 18.7 Å². The Hall–Kier alpha value is -2.84. The lowest BCUT2D eigenvalue weighted by Gasteiger charge is -2.22. The van der Waals surface area contributed by atoms with E-state index in [1.54, 1.807) is 0 Å². The number of ether oxygens (including phenoxy) is 1. The van der Waals surface area contributed by atoms with Crippen molar-refractivity contribution in [1.82, 2.24) is 9.47 Å². The van der Waals surface area contributed by atoms with Crippen LogP contribution in [0.3, 0.4) is 0 Å². The molecule has 0 saturated carbocycles. The van der Waals surface area contributed by atoms with Crippen LogP contribution in [0.25, 0.3) is 11.1 Å². The van der Waals surface area contributed by atoms with Crippen molar-refractivity contribution in [2.45, 2.75) is 64.8 Å². The van der Waals surface area contributed by atoms with Crippen LogP contribution in [0.2, 0.25) is 25.7 Å². The quantitative estimate of drug-likeness (QED) is 0.318. The zero-order valence-electron chi connectivity index (χ0n) is 21.2. The molecule has 1 saturated heterocycles. The van der Waals surface area contributed by atoms with Crippen molar-refractivity contribution in [3.63, 3.8) is 0 Å². The Labute approximate surface area is 207 Å². The van der Waals surface area contributed by atoms with Crippen LogP contribution in [-0.2, 0) is 18.0 Å². The van der Waals surface area contributed by atoms with E-state index in [2.05, 4.69) is 49.7 Å². The first kappa shape index (κ1) is 23.9. The molecule has 2 aliphatic rings. The van der Waals surface area contributed by atoms with E-state index >= 15 is 0 Å². The molecular formula is C27H35N3O4Si. The second-order valence-electron chi connectivity index (χ2n) is 11.0. The number of amides is 1. The number of nitrogens with zero attached hydrogens (tertiary/aromatic N) is 3. The summed E-state index contributed by atoms with van der Waals surface area (Å²) in [6, 6.07) is 13.1. The molecule has 35 heavy (non-hydrogen) atoms. The molecule has 2 aromatic carbocycles. The zero-order valence-corrected chi connectivity index (χ0v) is 22.2. The average Bonchev–Trinajstić information content (AvgIpc) is 3.51. The van der Waals surface area contributed by atoms with Crippen LogP contribution < -0.4 is 10.7 Å². The van der Waals surface area contributed by atoms with Gasteiger partial charge in [0.15, 0.2) is 5.58 Å². The summed E-state index contributed by atoms with van der Waals surface area (Å²) < 4.78 is 12.8. The number of anilines is 1. The minimum atomic E-state index is -1.19. The van der Waals surface area contributed by atoms with Gasteiger partial charge in [0.2, 0.25) is 0 Å². The number of hydrogen-bond donors (Lipinski definition) is 0. The smallest absolute Gasteiger partial charge is 0.408 e. The number of hydrogen-bond acceptors (Lipinski definition) is 5. The summed E-state index contributed by atoms with van der Waals surface area (Å²) in [5, 5.41) is 0. The van der Waals surface area contributed by atoms with Gasteiger partial charge in [-0.3, -0.25) is 4.79 Å². The number of aromatic nitrogens is 1. The molecule has 1 aromatic heterocycles. The third-order valence-corrected chi connectivity index (χ3v) is 8.92. The van der Waals surface area contributed by atoms with Crippen molar-refractivity contribution < 1.29 is 13.9 Å². The van der Waals surface area contributed by atoms with E-state index in [4.69, 9.17) is 9.15 Å². The fourth-order valence-corrected chi connectivity index (χ4v) is 5.79. The van der Waals surface area contributed by atoms with Gasteiger partial charge in [0, 0.05) is 45.6 Å². The molecule has 0 bridgehead atoms. The molecule has 2 aliphatic heterocycles. The number of rotatable bonds is 8. The van der Waals surface area contributed by atoms with Crippen LogP contribution >= 0.6 is 0 Å². The number of oxazole rings is 1. The van der Waals surface area contributed by atoms with Gasteiger partial charge in [0.1, 0.15) is 6.73 Å². The molecule has 1 unspecified atom stereocenters. The summed E-state index contributed by atoms with van der Waals surface area (Å²) in [6.07, 6.45) is 2.41. The highest BCUT2D eigenvalue weighted by Crippen LogP contribution is 2.37. The first-order valence-electron chi connectivity index (χ1n) is 12.6. The van der Waals surface area contributed by atoms with E-state index in [1.165, 1.54) is 17.4 Å². The third-order valence-electron chi connectivity index (χ3n) is 7.22. The molecule has 0 N–H and O–H groups in total. The van der Waals surface area contributed by atoms with Gasteiger partial charge in [0.25, 0.3) is 5.91 Å². The molecule has 1 atom stereocenters. The van der Waals surface area contributed by atoms with Gasteiger partial charge < -0.3 is 19.0 Å². The first-order chi connectivity index (χ1) is 16.7. The Morgan fingerprint density at radius 3 is 2.57 bits per heavy atom. The Balaban J connectivity index is 1.31. The van der Waals surface area contributed by atoms with Crippen molar-refractivity contribution >= 4 is 30.8 Å². The number of carbonyl (C=O) groups excluding carboxylic acids is 1. The summed E-state index contributed by atoms with van der Waals surface area (Å²) >= 11 is 0. The fourth-order valence-electron chi connectivity index (χ4n) is 5.04. The standard InChI is InChI=1S/C27H35N3O4Si/c1-19-22-9-8-21(28-11-5-6-12-28)16-23(22)26(31)29(19)17-20-7-10-24-25(15-20)34-27(32)30(24)18-33-13-14-35(2,3)4/h7-10,15-16,19H,5-6,11-14,17-18H2,1-4H3. The lowest BCUT2D eigenvalue weighted by molar-refractivity contribution is 0.0723. The SMILES string of the molecule is CC1c2ccc(N3CCCC3)cc2C(=O)N1Cc1ccc2c(c1)oc(=O)n2COCC[Si](C)(C)C. The number of benzene rings is 2. The van der Waals surface area contributed by atoms with Crippen molar-refractivity contribution in [3.05, 3.63) is 63.6 Å². The van der Waals surface area contributed by atoms with Crippen molar-refractivity contribution in [1.29, 1.82) is 0 Å². The summed E-state index contributed by atoms with van der Waals surface area (Å²) in [5.41, 5.74) is 5.19. The molecule has 0 spiro atoms. The second kappa shape index (κ2) is 9.31. The fraction of sp³-hybridized carbons (Fsp3) is 0.481. The zero-order chi connectivity index (χ0) is 24.7. The van der Waals surface area contributed by atoms with Crippen LogP contribution in [0.15, 0.2) is 45.6 Å². The maximum absolute atomic E-state index is 13.3. The number of carbonyl (C=O) groups is 1. The molecule has 1 fully saturated rings. The van der Waals surface area contributed by atoms with Gasteiger partial charge in [-0.15, -0.1) is 0 Å². The van der Waals surface area contributed by atoms with Gasteiger partial charge in [-0.25, -0.2) is 9.36 Å². The van der Waals surface area contributed by atoms with E-state index in [9.17, 15) is 9.59 Å².